The first kappa shape index (κ1) is 15.5. The Labute approximate surface area is 144 Å². The molecule has 0 spiro atoms. The molecule has 0 bridgehead atoms. The highest BCUT2D eigenvalue weighted by Gasteiger charge is 2.26. The van der Waals surface area contributed by atoms with Gasteiger partial charge in [0.25, 0.3) is 0 Å². The fourth-order valence-electron chi connectivity index (χ4n) is 3.30. The van der Waals surface area contributed by atoms with Crippen LogP contribution in [0, 0.1) is 6.92 Å². The lowest BCUT2D eigenvalue weighted by atomic mass is 10.0. The van der Waals surface area contributed by atoms with Crippen molar-refractivity contribution in [3.8, 4) is 0 Å². The average molecular weight is 344 g/mol. The largest absolute Gasteiger partial charge is 0.354 e. The lowest BCUT2D eigenvalue weighted by Crippen LogP contribution is -2.46. The summed E-state index contributed by atoms with van der Waals surface area (Å²) in [4.78, 5) is 17.9. The third kappa shape index (κ3) is 2.99. The highest BCUT2D eigenvalue weighted by Crippen LogP contribution is 2.30. The summed E-state index contributed by atoms with van der Waals surface area (Å²) in [6, 6.07) is 2.47. The summed E-state index contributed by atoms with van der Waals surface area (Å²) in [5.41, 5.74) is 1.02. The van der Waals surface area contributed by atoms with Gasteiger partial charge in [-0.05, 0) is 30.8 Å². The number of hydrogen-bond acceptors (Lipinski definition) is 8. The quantitative estimate of drug-likeness (QED) is 0.720. The summed E-state index contributed by atoms with van der Waals surface area (Å²) in [7, 11) is 2.13. The lowest BCUT2D eigenvalue weighted by molar-refractivity contribution is 0.192. The number of thiophene rings is 1. The number of likely N-dealkylation sites (N-methyl/N-ethyl adjacent to an activating group) is 1. The molecule has 0 N–H and O–H groups in total. The molecule has 8 heteroatoms. The minimum Gasteiger partial charge on any atom is -0.354 e. The maximum absolute atomic E-state index is 5.08. The normalized spacial score (nSPS) is 19.0. The van der Waals surface area contributed by atoms with Gasteiger partial charge in [-0.1, -0.05) is 5.16 Å². The Morgan fingerprint density at radius 3 is 3.17 bits per heavy atom. The van der Waals surface area contributed by atoms with Gasteiger partial charge in [-0.2, -0.15) is 4.98 Å². The molecule has 0 aromatic carbocycles. The first-order valence-corrected chi connectivity index (χ1v) is 9.01. The van der Waals surface area contributed by atoms with Gasteiger partial charge >= 0.3 is 0 Å². The Bertz CT molecular complexity index is 831. The van der Waals surface area contributed by atoms with Crippen LogP contribution < -0.4 is 4.90 Å². The predicted molar refractivity (Wildman–Crippen MR) is 93.2 cm³/mol. The molecule has 0 aliphatic carbocycles. The molecule has 24 heavy (non-hydrogen) atoms. The zero-order valence-electron chi connectivity index (χ0n) is 13.8. The van der Waals surface area contributed by atoms with Gasteiger partial charge in [-0.25, -0.2) is 9.97 Å². The molecule has 7 nitrogen and oxygen atoms in total. The van der Waals surface area contributed by atoms with Crippen LogP contribution in [0.15, 0.2) is 22.3 Å². The van der Waals surface area contributed by atoms with Crippen molar-refractivity contribution >= 4 is 27.4 Å². The molecule has 1 atom stereocenters. The summed E-state index contributed by atoms with van der Waals surface area (Å²) >= 11 is 1.70. The van der Waals surface area contributed by atoms with Crippen LogP contribution in [0.4, 0.5) is 5.82 Å². The first-order chi connectivity index (χ1) is 11.7. The molecule has 1 saturated heterocycles. The molecular formula is C16H20N6OS. The van der Waals surface area contributed by atoms with E-state index >= 15 is 0 Å². The molecule has 126 valence electrons. The van der Waals surface area contributed by atoms with Crippen molar-refractivity contribution in [2.45, 2.75) is 32.4 Å². The zero-order valence-corrected chi connectivity index (χ0v) is 14.7. The smallest absolute Gasteiger partial charge is 0.223 e. The summed E-state index contributed by atoms with van der Waals surface area (Å²) in [5, 5.41) is 6.08. The molecule has 3 aromatic heterocycles. The van der Waals surface area contributed by atoms with Gasteiger partial charge in [0.1, 0.15) is 12.1 Å². The van der Waals surface area contributed by atoms with Crippen LogP contribution in [0.3, 0.4) is 0 Å². The number of hydrogen-bond donors (Lipinski definition) is 0. The van der Waals surface area contributed by atoms with E-state index in [2.05, 4.69) is 42.3 Å². The van der Waals surface area contributed by atoms with Gasteiger partial charge in [-0.3, -0.25) is 4.90 Å². The second-order valence-corrected chi connectivity index (χ2v) is 7.12. The van der Waals surface area contributed by atoms with Crippen LogP contribution in [0.25, 0.3) is 10.2 Å². The van der Waals surface area contributed by atoms with Gasteiger partial charge in [0.2, 0.25) is 5.89 Å². The van der Waals surface area contributed by atoms with Gasteiger partial charge in [0.05, 0.1) is 16.8 Å². The third-order valence-electron chi connectivity index (χ3n) is 4.52. The maximum Gasteiger partial charge on any atom is 0.223 e. The number of likely N-dealkylation sites (tertiary alicyclic amines) is 1. The zero-order chi connectivity index (χ0) is 16.5. The SMILES string of the molecule is Cc1nc(CN2CCC[C@H](N(C)c3ncnc4ccsc34)C2)no1. The molecule has 4 heterocycles. The van der Waals surface area contributed by atoms with Gasteiger partial charge in [0.15, 0.2) is 5.82 Å². The minimum absolute atomic E-state index is 0.423. The van der Waals surface area contributed by atoms with Gasteiger partial charge in [-0.15, -0.1) is 11.3 Å². The number of rotatable bonds is 4. The van der Waals surface area contributed by atoms with Crippen molar-refractivity contribution in [1.82, 2.24) is 25.0 Å². The van der Waals surface area contributed by atoms with E-state index in [9.17, 15) is 0 Å². The van der Waals surface area contributed by atoms with E-state index in [1.165, 1.54) is 0 Å². The van der Waals surface area contributed by atoms with Crippen LogP contribution in [-0.2, 0) is 6.54 Å². The Hall–Kier alpha value is -2.06. The second-order valence-electron chi connectivity index (χ2n) is 6.20. The topological polar surface area (TPSA) is 71.2 Å². The van der Waals surface area contributed by atoms with E-state index in [-0.39, 0.29) is 0 Å². The molecule has 0 unspecified atom stereocenters. The summed E-state index contributed by atoms with van der Waals surface area (Å²) in [6.45, 7) is 4.60. The van der Waals surface area contributed by atoms with Crippen molar-refractivity contribution in [1.29, 1.82) is 0 Å². The second kappa shape index (κ2) is 6.45. The van der Waals surface area contributed by atoms with Crippen molar-refractivity contribution in [2.24, 2.45) is 0 Å². The standard InChI is InChI=1S/C16H20N6OS/c1-11-19-14(20-23-11)9-22-6-3-4-12(8-22)21(2)16-15-13(5-7-24-15)17-10-18-16/h5,7,10,12H,3-4,6,8-9H2,1-2H3/t12-/m0/s1. The molecule has 1 aliphatic heterocycles. The summed E-state index contributed by atoms with van der Waals surface area (Å²) in [6.07, 6.45) is 3.98. The van der Waals surface area contributed by atoms with E-state index in [0.29, 0.717) is 11.9 Å². The number of nitrogens with zero attached hydrogens (tertiary/aromatic N) is 6. The molecule has 1 aliphatic rings. The van der Waals surface area contributed by atoms with Crippen molar-refractivity contribution < 1.29 is 4.52 Å². The van der Waals surface area contributed by atoms with E-state index in [1.807, 2.05) is 13.0 Å². The van der Waals surface area contributed by atoms with Gasteiger partial charge in [0, 0.05) is 26.6 Å². The van der Waals surface area contributed by atoms with Crippen LogP contribution in [-0.4, -0.2) is 51.2 Å². The van der Waals surface area contributed by atoms with Crippen molar-refractivity contribution in [3.63, 3.8) is 0 Å². The Balaban J connectivity index is 1.50. The first-order valence-electron chi connectivity index (χ1n) is 8.13. The monoisotopic (exact) mass is 344 g/mol. The fourth-order valence-corrected chi connectivity index (χ4v) is 4.17. The molecule has 3 aromatic rings. The summed E-state index contributed by atoms with van der Waals surface area (Å²) in [5.74, 6) is 2.41. The van der Waals surface area contributed by atoms with Crippen molar-refractivity contribution in [3.05, 3.63) is 29.5 Å². The lowest BCUT2D eigenvalue weighted by Gasteiger charge is -2.37. The van der Waals surface area contributed by atoms with Gasteiger partial charge < -0.3 is 9.42 Å². The molecule has 0 radical (unpaired) electrons. The molecule has 4 rings (SSSR count). The number of piperidine rings is 1. The minimum atomic E-state index is 0.423. The third-order valence-corrected chi connectivity index (χ3v) is 5.42. The van der Waals surface area contributed by atoms with E-state index in [1.54, 1.807) is 17.7 Å². The highest BCUT2D eigenvalue weighted by molar-refractivity contribution is 7.17. The fraction of sp³-hybridized carbons (Fsp3) is 0.500. The van der Waals surface area contributed by atoms with E-state index < -0.39 is 0 Å². The Morgan fingerprint density at radius 2 is 2.33 bits per heavy atom. The van der Waals surface area contributed by atoms with Crippen LogP contribution in [0.1, 0.15) is 24.6 Å². The number of fused-ring (bicyclic) bond motifs is 1. The van der Waals surface area contributed by atoms with E-state index in [0.717, 1.165) is 54.3 Å². The van der Waals surface area contributed by atoms with Crippen LogP contribution >= 0.6 is 11.3 Å². The highest BCUT2D eigenvalue weighted by atomic mass is 32.1. The maximum atomic E-state index is 5.08. The summed E-state index contributed by atoms with van der Waals surface area (Å²) < 4.78 is 6.23. The Kier molecular flexibility index (Phi) is 4.15. The van der Waals surface area contributed by atoms with Crippen molar-refractivity contribution in [2.75, 3.05) is 25.0 Å². The van der Waals surface area contributed by atoms with E-state index in [4.69, 9.17) is 4.52 Å². The predicted octanol–water partition coefficient (Wildman–Crippen LogP) is 2.48. The number of aryl methyl sites for hydroxylation is 1. The van der Waals surface area contributed by atoms with Crippen LogP contribution in [0.5, 0.6) is 0 Å². The molecule has 0 amide bonds. The average Bonchev–Trinajstić information content (AvgIpc) is 3.23. The molecule has 0 saturated carbocycles. The number of aromatic nitrogens is 4. The number of anilines is 1. The van der Waals surface area contributed by atoms with Crippen LogP contribution in [0.2, 0.25) is 0 Å². The Morgan fingerprint density at radius 1 is 1.42 bits per heavy atom. The molecular weight excluding hydrogens is 324 g/mol. The molecule has 1 fully saturated rings.